The summed E-state index contributed by atoms with van der Waals surface area (Å²) in [5, 5.41) is 9.75. The highest BCUT2D eigenvalue weighted by atomic mass is 16.4. The van der Waals surface area contributed by atoms with E-state index in [0.29, 0.717) is 6.42 Å². The number of H-pyrrole nitrogens is 1. The normalized spacial score (nSPS) is 12.9. The van der Waals surface area contributed by atoms with E-state index in [9.17, 15) is 4.79 Å². The predicted octanol–water partition coefficient (Wildman–Crippen LogP) is 1.12. The molecule has 78 valence electrons. The van der Waals surface area contributed by atoms with E-state index in [4.69, 9.17) is 10.8 Å². The lowest BCUT2D eigenvalue weighted by atomic mass is 10.2. The van der Waals surface area contributed by atoms with E-state index in [1.165, 1.54) is 0 Å². The molecule has 1 aromatic carbocycles. The first-order valence-electron chi connectivity index (χ1n) is 4.72. The fourth-order valence-corrected chi connectivity index (χ4v) is 1.62. The molecule has 4 heteroatoms. The van der Waals surface area contributed by atoms with Crippen molar-refractivity contribution in [2.45, 2.75) is 12.5 Å². The highest BCUT2D eigenvalue weighted by Crippen LogP contribution is 2.18. The number of para-hydroxylation sites is 1. The fourth-order valence-electron chi connectivity index (χ4n) is 1.62. The van der Waals surface area contributed by atoms with Crippen molar-refractivity contribution in [1.82, 2.24) is 4.98 Å². The Hall–Kier alpha value is -1.81. The molecule has 2 rings (SSSR count). The van der Waals surface area contributed by atoms with Crippen molar-refractivity contribution in [2.75, 3.05) is 0 Å². The number of carboxylic acids is 1. The number of aliphatic carboxylic acids is 1. The van der Waals surface area contributed by atoms with Crippen molar-refractivity contribution in [2.24, 2.45) is 5.73 Å². The monoisotopic (exact) mass is 206 g/mol. The van der Waals surface area contributed by atoms with E-state index in [1.54, 1.807) is 0 Å². The second-order valence-electron chi connectivity index (χ2n) is 3.51. The number of carbonyl (C=O) groups is 1. The Labute approximate surface area is 86.7 Å². The Bertz CT molecular complexity index is 490. The number of fused-ring (bicyclic) bond motifs is 1. The van der Waals surface area contributed by atoms with Crippen LogP contribution in [0.5, 0.6) is 0 Å². The minimum Gasteiger partial charge on any atom is -0.480 e. The smallest absolute Gasteiger partial charge is 0.320 e. The van der Waals surface area contributed by atoms with Crippen molar-refractivity contribution >= 4 is 16.9 Å². The number of carboxylic acid groups (broad SMARTS) is 1. The summed E-state index contributed by atoms with van der Waals surface area (Å²) < 4.78 is 0. The van der Waals surface area contributed by atoms with Crippen molar-refractivity contribution in [1.29, 1.82) is 0 Å². The van der Waals surface area contributed by atoms with Crippen LogP contribution in [-0.4, -0.2) is 22.1 Å². The molecule has 15 heavy (non-hydrogen) atoms. The number of nitrogens with one attached hydrogen (secondary N) is 1. The molecule has 4 nitrogen and oxygen atoms in total. The second kappa shape index (κ2) is 3.74. The van der Waals surface area contributed by atoms with Gasteiger partial charge in [-0.05, 0) is 11.6 Å². The Balaban J connectivity index is 2.32. The molecular formula is C11H12N2O2. The summed E-state index contributed by atoms with van der Waals surface area (Å²) in [5.41, 5.74) is 7.43. The summed E-state index contributed by atoms with van der Waals surface area (Å²) in [6, 6.07) is 6.91. The third-order valence-corrected chi connectivity index (χ3v) is 2.43. The van der Waals surface area contributed by atoms with Gasteiger partial charge in [-0.2, -0.15) is 0 Å². The zero-order valence-corrected chi connectivity index (χ0v) is 8.10. The van der Waals surface area contributed by atoms with Crippen molar-refractivity contribution < 1.29 is 9.90 Å². The summed E-state index contributed by atoms with van der Waals surface area (Å²) in [6.45, 7) is 0. The molecule has 0 aliphatic carbocycles. The van der Waals surface area contributed by atoms with E-state index < -0.39 is 12.0 Å². The lowest BCUT2D eigenvalue weighted by Crippen LogP contribution is -2.32. The van der Waals surface area contributed by atoms with Gasteiger partial charge in [-0.3, -0.25) is 4.79 Å². The van der Waals surface area contributed by atoms with Crippen LogP contribution < -0.4 is 5.73 Å². The summed E-state index contributed by atoms with van der Waals surface area (Å²) in [5.74, 6) is -0.972. The Morgan fingerprint density at radius 1 is 1.47 bits per heavy atom. The topological polar surface area (TPSA) is 79.1 Å². The molecule has 0 fully saturated rings. The molecule has 0 saturated heterocycles. The zero-order valence-electron chi connectivity index (χ0n) is 8.10. The fraction of sp³-hybridized carbons (Fsp3) is 0.182. The van der Waals surface area contributed by atoms with Crippen LogP contribution in [0.25, 0.3) is 10.9 Å². The molecule has 0 aliphatic heterocycles. The van der Waals surface area contributed by atoms with Gasteiger partial charge in [-0.25, -0.2) is 0 Å². The van der Waals surface area contributed by atoms with Crippen LogP contribution in [0.15, 0.2) is 30.5 Å². The highest BCUT2D eigenvalue weighted by Gasteiger charge is 2.14. The summed E-state index contributed by atoms with van der Waals surface area (Å²) in [6.07, 6.45) is 2.16. The van der Waals surface area contributed by atoms with E-state index in [2.05, 4.69) is 4.98 Å². The molecule has 0 amide bonds. The molecule has 1 atom stereocenters. The van der Waals surface area contributed by atoms with Gasteiger partial charge in [0.05, 0.1) is 0 Å². The Morgan fingerprint density at radius 2 is 2.20 bits per heavy atom. The lowest BCUT2D eigenvalue weighted by molar-refractivity contribution is -0.138. The predicted molar refractivity (Wildman–Crippen MR) is 57.6 cm³/mol. The number of hydrogen-bond donors (Lipinski definition) is 3. The first-order valence-corrected chi connectivity index (χ1v) is 4.72. The van der Waals surface area contributed by atoms with Gasteiger partial charge in [0.25, 0.3) is 0 Å². The van der Waals surface area contributed by atoms with Crippen molar-refractivity contribution in [3.8, 4) is 0 Å². The van der Waals surface area contributed by atoms with Gasteiger partial charge < -0.3 is 15.8 Å². The average Bonchev–Trinajstić information content (AvgIpc) is 2.62. The molecule has 0 spiro atoms. The third kappa shape index (κ3) is 1.85. The van der Waals surface area contributed by atoms with Crippen molar-refractivity contribution in [3.05, 3.63) is 36.0 Å². The van der Waals surface area contributed by atoms with E-state index in [-0.39, 0.29) is 0 Å². The molecule has 1 heterocycles. The Kier molecular flexibility index (Phi) is 2.43. The van der Waals surface area contributed by atoms with Gasteiger partial charge >= 0.3 is 5.97 Å². The molecule has 4 N–H and O–H groups in total. The van der Waals surface area contributed by atoms with Crippen LogP contribution >= 0.6 is 0 Å². The third-order valence-electron chi connectivity index (χ3n) is 2.43. The van der Waals surface area contributed by atoms with Gasteiger partial charge in [0.15, 0.2) is 0 Å². The van der Waals surface area contributed by atoms with Crippen LogP contribution in [0.3, 0.4) is 0 Å². The van der Waals surface area contributed by atoms with Gasteiger partial charge in [0.2, 0.25) is 0 Å². The summed E-state index contributed by atoms with van der Waals surface area (Å²) in [7, 11) is 0. The number of hydrogen-bond acceptors (Lipinski definition) is 2. The molecule has 0 saturated carbocycles. The maximum absolute atomic E-state index is 10.6. The molecular weight excluding hydrogens is 194 g/mol. The molecule has 1 aromatic heterocycles. The number of benzene rings is 1. The van der Waals surface area contributed by atoms with Gasteiger partial charge in [-0.1, -0.05) is 18.2 Å². The van der Waals surface area contributed by atoms with E-state index in [0.717, 1.165) is 16.5 Å². The van der Waals surface area contributed by atoms with Gasteiger partial charge in [0.1, 0.15) is 6.04 Å². The number of rotatable bonds is 3. The second-order valence-corrected chi connectivity index (χ2v) is 3.51. The van der Waals surface area contributed by atoms with E-state index in [1.807, 2.05) is 30.5 Å². The molecule has 0 bridgehead atoms. The van der Waals surface area contributed by atoms with Gasteiger partial charge in [0, 0.05) is 23.5 Å². The maximum atomic E-state index is 10.6. The molecule has 0 radical (unpaired) electrons. The standard InChI is InChI=1S/C11H12N2O2/c12-9(11(14)15)5-7-6-13-10-4-2-1-3-8(7)10/h1-4,6,9,13H,5,12H2,(H,14,15)/t9-/m0/s1/i5+2. The Morgan fingerprint density at radius 3 is 2.93 bits per heavy atom. The zero-order chi connectivity index (χ0) is 10.8. The number of aromatic nitrogens is 1. The number of aromatic amines is 1. The minimum absolute atomic E-state index is 0.347. The molecule has 2 aromatic rings. The minimum atomic E-state index is -0.972. The first kappa shape index (κ1) is 9.73. The van der Waals surface area contributed by atoms with Gasteiger partial charge in [-0.15, -0.1) is 0 Å². The van der Waals surface area contributed by atoms with Crippen LogP contribution in [-0.2, 0) is 11.2 Å². The highest BCUT2D eigenvalue weighted by molar-refractivity contribution is 5.84. The van der Waals surface area contributed by atoms with Crippen LogP contribution in [0.2, 0.25) is 0 Å². The van der Waals surface area contributed by atoms with Crippen LogP contribution in [0, 0.1) is 0 Å². The summed E-state index contributed by atoms with van der Waals surface area (Å²) in [4.78, 5) is 13.7. The largest absolute Gasteiger partial charge is 0.480 e. The molecule has 0 aliphatic rings. The van der Waals surface area contributed by atoms with Crippen LogP contribution in [0.4, 0.5) is 0 Å². The lowest BCUT2D eigenvalue weighted by Gasteiger charge is -2.04. The summed E-state index contributed by atoms with van der Waals surface area (Å²) >= 11 is 0. The molecule has 0 unspecified atom stereocenters. The van der Waals surface area contributed by atoms with Crippen molar-refractivity contribution in [3.63, 3.8) is 0 Å². The average molecular weight is 206 g/mol. The van der Waals surface area contributed by atoms with Crippen LogP contribution in [0.1, 0.15) is 5.56 Å². The maximum Gasteiger partial charge on any atom is 0.320 e. The van der Waals surface area contributed by atoms with E-state index >= 15 is 0 Å². The first-order chi connectivity index (χ1) is 7.18. The SMILES string of the molecule is N[C@@H]([14CH2]c1c[nH]c2ccccc12)C(=O)O. The number of nitrogens with two attached hydrogens (primary N) is 1. The quantitative estimate of drug-likeness (QED) is 0.704.